The SMILES string of the molecule is COc1ccc([C@@H]2C(C#N)=C(N)[C@H]3C(=O)NC(=O)N[C@]34CCOC[C@@H]24)cc1. The molecule has 1 aromatic rings. The lowest BCUT2D eigenvalue weighted by molar-refractivity contribution is -0.132. The molecule has 1 spiro atoms. The third kappa shape index (κ3) is 2.46. The van der Waals surface area contributed by atoms with Crippen LogP contribution in [0.1, 0.15) is 17.9 Å². The largest absolute Gasteiger partial charge is 0.497 e. The lowest BCUT2D eigenvalue weighted by Crippen LogP contribution is -2.74. The van der Waals surface area contributed by atoms with Gasteiger partial charge >= 0.3 is 6.03 Å². The Kier molecular flexibility index (Phi) is 4.04. The number of ether oxygens (including phenoxy) is 2. The number of nitrogens with zero attached hydrogens (tertiary/aromatic N) is 1. The highest BCUT2D eigenvalue weighted by Gasteiger charge is 2.61. The van der Waals surface area contributed by atoms with E-state index in [1.807, 2.05) is 24.3 Å². The predicted molar refractivity (Wildman–Crippen MR) is 94.4 cm³/mol. The average molecular weight is 368 g/mol. The van der Waals surface area contributed by atoms with E-state index < -0.39 is 23.4 Å². The molecule has 3 aliphatic rings. The molecule has 2 heterocycles. The van der Waals surface area contributed by atoms with Gasteiger partial charge in [-0.3, -0.25) is 10.1 Å². The van der Waals surface area contributed by atoms with E-state index in [0.717, 1.165) is 5.56 Å². The second-order valence-electron chi connectivity index (χ2n) is 7.08. The number of carbonyl (C=O) groups is 2. The van der Waals surface area contributed by atoms with Crippen molar-refractivity contribution in [2.45, 2.75) is 17.9 Å². The topological polar surface area (TPSA) is 126 Å². The van der Waals surface area contributed by atoms with E-state index in [9.17, 15) is 14.9 Å². The minimum atomic E-state index is -0.868. The van der Waals surface area contributed by atoms with Crippen LogP contribution >= 0.6 is 0 Å². The summed E-state index contributed by atoms with van der Waals surface area (Å²) in [6, 6.07) is 9.05. The normalized spacial score (nSPS) is 32.5. The number of urea groups is 1. The monoisotopic (exact) mass is 368 g/mol. The van der Waals surface area contributed by atoms with Crippen LogP contribution in [0.3, 0.4) is 0 Å². The summed E-state index contributed by atoms with van der Waals surface area (Å²) in [5, 5.41) is 15.1. The number of methoxy groups -OCH3 is 1. The van der Waals surface area contributed by atoms with Gasteiger partial charge in [-0.25, -0.2) is 4.79 Å². The smallest absolute Gasteiger partial charge is 0.321 e. The molecule has 0 bridgehead atoms. The highest BCUT2D eigenvalue weighted by atomic mass is 16.5. The molecule has 2 aliphatic heterocycles. The van der Waals surface area contributed by atoms with Gasteiger partial charge in [-0.2, -0.15) is 5.26 Å². The first-order valence-electron chi connectivity index (χ1n) is 8.76. The van der Waals surface area contributed by atoms with E-state index in [1.165, 1.54) is 0 Å². The van der Waals surface area contributed by atoms with Gasteiger partial charge in [0.05, 0.1) is 30.9 Å². The number of carbonyl (C=O) groups excluding carboxylic acids is 2. The number of nitriles is 1. The maximum absolute atomic E-state index is 12.6. The zero-order valence-corrected chi connectivity index (χ0v) is 14.8. The fraction of sp³-hybridized carbons (Fsp3) is 0.421. The van der Waals surface area contributed by atoms with Crippen molar-refractivity contribution >= 4 is 11.9 Å². The van der Waals surface area contributed by atoms with Gasteiger partial charge in [-0.15, -0.1) is 0 Å². The lowest BCUT2D eigenvalue weighted by atomic mass is 9.57. The van der Waals surface area contributed by atoms with Crippen molar-refractivity contribution in [3.05, 3.63) is 41.1 Å². The number of amides is 3. The van der Waals surface area contributed by atoms with Crippen molar-refractivity contribution in [1.29, 1.82) is 5.26 Å². The molecule has 3 amide bonds. The Morgan fingerprint density at radius 1 is 1.33 bits per heavy atom. The Morgan fingerprint density at radius 3 is 2.74 bits per heavy atom. The number of hydrogen-bond acceptors (Lipinski definition) is 6. The zero-order valence-electron chi connectivity index (χ0n) is 14.8. The molecule has 8 heteroatoms. The molecule has 0 unspecified atom stereocenters. The maximum atomic E-state index is 12.6. The number of rotatable bonds is 2. The Balaban J connectivity index is 1.91. The molecule has 1 aliphatic carbocycles. The fourth-order valence-corrected chi connectivity index (χ4v) is 4.72. The van der Waals surface area contributed by atoms with E-state index in [0.29, 0.717) is 31.0 Å². The Morgan fingerprint density at radius 2 is 2.07 bits per heavy atom. The molecule has 27 heavy (non-hydrogen) atoms. The summed E-state index contributed by atoms with van der Waals surface area (Å²) in [6.45, 7) is 0.726. The molecule has 2 saturated heterocycles. The molecule has 8 nitrogen and oxygen atoms in total. The summed E-state index contributed by atoms with van der Waals surface area (Å²) in [4.78, 5) is 24.8. The Bertz CT molecular complexity index is 873. The van der Waals surface area contributed by atoms with Gasteiger partial charge in [-0.1, -0.05) is 12.1 Å². The highest BCUT2D eigenvalue weighted by molar-refractivity contribution is 6.01. The van der Waals surface area contributed by atoms with Gasteiger partial charge in [-0.05, 0) is 24.1 Å². The van der Waals surface area contributed by atoms with E-state index >= 15 is 0 Å². The van der Waals surface area contributed by atoms with Gasteiger partial charge in [0, 0.05) is 24.1 Å². The summed E-state index contributed by atoms with van der Waals surface area (Å²) in [6.07, 6.45) is 0.452. The van der Waals surface area contributed by atoms with E-state index in [2.05, 4.69) is 16.7 Å². The number of imide groups is 1. The second-order valence-corrected chi connectivity index (χ2v) is 7.08. The van der Waals surface area contributed by atoms with Gasteiger partial charge in [0.15, 0.2) is 0 Å². The van der Waals surface area contributed by atoms with Crippen LogP contribution in [0.4, 0.5) is 4.79 Å². The van der Waals surface area contributed by atoms with Crippen molar-refractivity contribution in [3.63, 3.8) is 0 Å². The zero-order chi connectivity index (χ0) is 19.2. The van der Waals surface area contributed by atoms with Crippen molar-refractivity contribution in [2.75, 3.05) is 20.3 Å². The summed E-state index contributed by atoms with van der Waals surface area (Å²) in [7, 11) is 1.58. The first-order valence-corrected chi connectivity index (χ1v) is 8.76. The summed E-state index contributed by atoms with van der Waals surface area (Å²) in [5.41, 5.74) is 6.91. The molecule has 140 valence electrons. The van der Waals surface area contributed by atoms with Crippen LogP contribution in [-0.2, 0) is 9.53 Å². The third-order valence-electron chi connectivity index (χ3n) is 5.91. The Hall–Kier alpha value is -3.05. The lowest BCUT2D eigenvalue weighted by Gasteiger charge is -2.55. The van der Waals surface area contributed by atoms with Crippen LogP contribution in [0.5, 0.6) is 5.75 Å². The molecular weight excluding hydrogens is 348 g/mol. The van der Waals surface area contributed by atoms with E-state index in [1.54, 1.807) is 7.11 Å². The van der Waals surface area contributed by atoms with Crippen molar-refractivity contribution in [3.8, 4) is 11.8 Å². The van der Waals surface area contributed by atoms with Crippen LogP contribution in [0.25, 0.3) is 0 Å². The van der Waals surface area contributed by atoms with Crippen LogP contribution in [-0.4, -0.2) is 37.8 Å². The van der Waals surface area contributed by atoms with Crippen LogP contribution in [0, 0.1) is 23.2 Å². The number of benzene rings is 1. The van der Waals surface area contributed by atoms with Gasteiger partial charge < -0.3 is 20.5 Å². The third-order valence-corrected chi connectivity index (χ3v) is 5.91. The molecule has 1 aromatic carbocycles. The molecule has 0 saturated carbocycles. The number of nitrogens with two attached hydrogens (primary N) is 1. The molecular formula is C19H20N4O4. The highest BCUT2D eigenvalue weighted by Crippen LogP contribution is 2.52. The van der Waals surface area contributed by atoms with Crippen molar-refractivity contribution < 1.29 is 19.1 Å². The maximum Gasteiger partial charge on any atom is 0.321 e. The molecule has 4 rings (SSSR count). The minimum absolute atomic E-state index is 0.217. The second kappa shape index (κ2) is 6.28. The van der Waals surface area contributed by atoms with Crippen molar-refractivity contribution in [1.82, 2.24) is 10.6 Å². The fourth-order valence-electron chi connectivity index (χ4n) is 4.72. The van der Waals surface area contributed by atoms with Gasteiger partial charge in [0.1, 0.15) is 11.7 Å². The summed E-state index contributed by atoms with van der Waals surface area (Å²) in [5.74, 6) is -1.23. The first kappa shape index (κ1) is 17.4. The van der Waals surface area contributed by atoms with Crippen LogP contribution in [0.15, 0.2) is 35.5 Å². The molecule has 2 fully saturated rings. The van der Waals surface area contributed by atoms with Crippen LogP contribution < -0.4 is 21.1 Å². The van der Waals surface area contributed by atoms with E-state index in [-0.39, 0.29) is 17.5 Å². The molecule has 4 N–H and O–H groups in total. The first-order chi connectivity index (χ1) is 13.0. The molecule has 4 atom stereocenters. The van der Waals surface area contributed by atoms with Crippen LogP contribution in [0.2, 0.25) is 0 Å². The Labute approximate surface area is 156 Å². The number of nitrogens with one attached hydrogen (secondary N) is 2. The predicted octanol–water partition coefficient (Wildman–Crippen LogP) is 0.760. The quantitative estimate of drug-likeness (QED) is 0.707. The summed E-state index contributed by atoms with van der Waals surface area (Å²) >= 11 is 0. The number of hydrogen-bond donors (Lipinski definition) is 3. The van der Waals surface area contributed by atoms with Gasteiger partial charge in [0.25, 0.3) is 0 Å². The molecule has 0 radical (unpaired) electrons. The number of allylic oxidation sites excluding steroid dienone is 1. The van der Waals surface area contributed by atoms with E-state index in [4.69, 9.17) is 15.2 Å². The minimum Gasteiger partial charge on any atom is -0.497 e. The standard InChI is InChI=1S/C19H20N4O4/c1-26-11-4-2-10(3-5-11)14-12(8-20)16(21)15-17(24)22-18(25)23-19(15)6-7-27-9-13(14)19/h2-5,13-15H,6-7,9,21H2,1H3,(H2,22,23,24,25)/t13-,14+,15-,19-/m0/s1. The average Bonchev–Trinajstić information content (AvgIpc) is 2.66. The van der Waals surface area contributed by atoms with Gasteiger partial charge in [0.2, 0.25) is 5.91 Å². The van der Waals surface area contributed by atoms with Crippen molar-refractivity contribution in [2.24, 2.45) is 17.6 Å². The summed E-state index contributed by atoms with van der Waals surface area (Å²) < 4.78 is 10.9. The molecule has 0 aromatic heterocycles.